The number of hydrogen-bond donors (Lipinski definition) is 1. The van der Waals surface area contributed by atoms with Crippen molar-refractivity contribution < 1.29 is 0 Å². The standard InChI is InChI=1S/C12H19N/c1-4-11-6-5-10(2)9-12(11)7-8-13-3/h5-6,9,13H,4,7-8H2,1-3H3. The maximum absolute atomic E-state index is 3.19. The minimum absolute atomic E-state index is 1.07. The van der Waals surface area contributed by atoms with Gasteiger partial charge in [-0.05, 0) is 44.5 Å². The van der Waals surface area contributed by atoms with Crippen molar-refractivity contribution in [2.24, 2.45) is 0 Å². The second kappa shape index (κ2) is 5.03. The first kappa shape index (κ1) is 10.3. The zero-order valence-electron chi connectivity index (χ0n) is 8.85. The molecule has 0 aliphatic heterocycles. The summed E-state index contributed by atoms with van der Waals surface area (Å²) in [7, 11) is 2.00. The van der Waals surface area contributed by atoms with E-state index in [4.69, 9.17) is 0 Å². The molecular formula is C12H19N. The average molecular weight is 177 g/mol. The zero-order chi connectivity index (χ0) is 9.68. The van der Waals surface area contributed by atoms with Gasteiger partial charge in [0.05, 0.1) is 0 Å². The van der Waals surface area contributed by atoms with E-state index in [2.05, 4.69) is 37.4 Å². The highest BCUT2D eigenvalue weighted by molar-refractivity contribution is 5.31. The molecule has 1 N–H and O–H groups in total. The number of nitrogens with one attached hydrogen (secondary N) is 1. The first-order valence-electron chi connectivity index (χ1n) is 5.01. The van der Waals surface area contributed by atoms with Crippen molar-refractivity contribution in [2.45, 2.75) is 26.7 Å². The maximum Gasteiger partial charge on any atom is -0.00113 e. The van der Waals surface area contributed by atoms with Crippen LogP contribution >= 0.6 is 0 Å². The van der Waals surface area contributed by atoms with Crippen LogP contribution in [0.25, 0.3) is 0 Å². The monoisotopic (exact) mass is 177 g/mol. The van der Waals surface area contributed by atoms with Crippen molar-refractivity contribution in [1.82, 2.24) is 5.32 Å². The molecule has 0 radical (unpaired) electrons. The van der Waals surface area contributed by atoms with Crippen LogP contribution < -0.4 is 5.32 Å². The van der Waals surface area contributed by atoms with E-state index in [-0.39, 0.29) is 0 Å². The summed E-state index contributed by atoms with van der Waals surface area (Å²) in [4.78, 5) is 0. The van der Waals surface area contributed by atoms with E-state index in [1.165, 1.54) is 16.7 Å². The molecule has 0 bridgehead atoms. The van der Waals surface area contributed by atoms with Crippen LogP contribution in [0.3, 0.4) is 0 Å². The highest BCUT2D eigenvalue weighted by Crippen LogP contribution is 2.12. The smallest absolute Gasteiger partial charge is 0.00113 e. The third-order valence-corrected chi connectivity index (χ3v) is 2.39. The van der Waals surface area contributed by atoms with Gasteiger partial charge in [0, 0.05) is 0 Å². The Labute approximate surface area is 81.2 Å². The first-order chi connectivity index (χ1) is 6.27. The summed E-state index contributed by atoms with van der Waals surface area (Å²) < 4.78 is 0. The molecule has 0 aliphatic rings. The molecule has 0 spiro atoms. The molecular weight excluding hydrogens is 158 g/mol. The van der Waals surface area contributed by atoms with E-state index in [0.29, 0.717) is 0 Å². The van der Waals surface area contributed by atoms with Gasteiger partial charge < -0.3 is 5.32 Å². The summed E-state index contributed by atoms with van der Waals surface area (Å²) >= 11 is 0. The highest BCUT2D eigenvalue weighted by Gasteiger charge is 1.99. The minimum atomic E-state index is 1.07. The maximum atomic E-state index is 3.19. The van der Waals surface area contributed by atoms with Gasteiger partial charge in [-0.1, -0.05) is 30.7 Å². The Hall–Kier alpha value is -0.820. The van der Waals surface area contributed by atoms with Gasteiger partial charge in [-0.15, -0.1) is 0 Å². The van der Waals surface area contributed by atoms with Gasteiger partial charge in [0.25, 0.3) is 0 Å². The largest absolute Gasteiger partial charge is 0.319 e. The van der Waals surface area contributed by atoms with Gasteiger partial charge in [-0.25, -0.2) is 0 Å². The van der Waals surface area contributed by atoms with Gasteiger partial charge in [0.15, 0.2) is 0 Å². The number of aryl methyl sites for hydroxylation is 2. The van der Waals surface area contributed by atoms with Gasteiger partial charge in [-0.2, -0.15) is 0 Å². The van der Waals surface area contributed by atoms with Crippen molar-refractivity contribution in [3.8, 4) is 0 Å². The molecule has 0 amide bonds. The van der Waals surface area contributed by atoms with Gasteiger partial charge in [0.1, 0.15) is 0 Å². The number of likely N-dealkylation sites (N-methyl/N-ethyl adjacent to an activating group) is 1. The summed E-state index contributed by atoms with van der Waals surface area (Å²) in [6.07, 6.45) is 2.28. The molecule has 1 rings (SSSR count). The first-order valence-corrected chi connectivity index (χ1v) is 5.01. The Bertz CT molecular complexity index is 266. The van der Waals surface area contributed by atoms with Crippen molar-refractivity contribution >= 4 is 0 Å². The van der Waals surface area contributed by atoms with Crippen molar-refractivity contribution in [3.63, 3.8) is 0 Å². The van der Waals surface area contributed by atoms with Crippen LogP contribution in [0.2, 0.25) is 0 Å². The fraction of sp³-hybridized carbons (Fsp3) is 0.500. The quantitative estimate of drug-likeness (QED) is 0.744. The fourth-order valence-corrected chi connectivity index (χ4v) is 1.59. The summed E-state index contributed by atoms with van der Waals surface area (Å²) in [5.41, 5.74) is 4.35. The predicted octanol–water partition coefficient (Wildman–Crippen LogP) is 2.32. The van der Waals surface area contributed by atoms with E-state index in [1.54, 1.807) is 0 Å². The number of benzene rings is 1. The lowest BCUT2D eigenvalue weighted by atomic mass is 10.00. The van der Waals surface area contributed by atoms with Crippen LogP contribution in [0.4, 0.5) is 0 Å². The molecule has 1 nitrogen and oxygen atoms in total. The lowest BCUT2D eigenvalue weighted by Gasteiger charge is -2.08. The normalized spacial score (nSPS) is 10.4. The Morgan fingerprint density at radius 2 is 2.00 bits per heavy atom. The average Bonchev–Trinajstić information content (AvgIpc) is 2.15. The topological polar surface area (TPSA) is 12.0 Å². The molecule has 0 saturated heterocycles. The van der Waals surface area contributed by atoms with E-state index in [9.17, 15) is 0 Å². The van der Waals surface area contributed by atoms with Crippen LogP contribution in [-0.4, -0.2) is 13.6 Å². The lowest BCUT2D eigenvalue weighted by molar-refractivity contribution is 0.784. The van der Waals surface area contributed by atoms with E-state index in [1.807, 2.05) is 7.05 Å². The van der Waals surface area contributed by atoms with Crippen LogP contribution in [0.1, 0.15) is 23.6 Å². The Kier molecular flexibility index (Phi) is 3.97. The Morgan fingerprint density at radius 3 is 2.62 bits per heavy atom. The van der Waals surface area contributed by atoms with Gasteiger partial charge in [-0.3, -0.25) is 0 Å². The molecule has 0 saturated carbocycles. The SMILES string of the molecule is CCc1ccc(C)cc1CCNC. The molecule has 72 valence electrons. The summed E-state index contributed by atoms with van der Waals surface area (Å²) in [6.45, 7) is 5.44. The van der Waals surface area contributed by atoms with E-state index < -0.39 is 0 Å². The molecule has 13 heavy (non-hydrogen) atoms. The molecule has 1 aromatic carbocycles. The van der Waals surface area contributed by atoms with Crippen molar-refractivity contribution in [2.75, 3.05) is 13.6 Å². The Morgan fingerprint density at radius 1 is 1.23 bits per heavy atom. The second-order valence-corrected chi connectivity index (χ2v) is 3.48. The van der Waals surface area contributed by atoms with E-state index in [0.717, 1.165) is 19.4 Å². The highest BCUT2D eigenvalue weighted by atomic mass is 14.8. The molecule has 1 heteroatoms. The molecule has 0 fully saturated rings. The number of hydrogen-bond acceptors (Lipinski definition) is 1. The molecule has 0 aromatic heterocycles. The summed E-state index contributed by atoms with van der Waals surface area (Å²) in [5.74, 6) is 0. The van der Waals surface area contributed by atoms with Gasteiger partial charge >= 0.3 is 0 Å². The Balaban J connectivity index is 2.81. The third kappa shape index (κ3) is 2.85. The van der Waals surface area contributed by atoms with Crippen LogP contribution in [0, 0.1) is 6.92 Å². The zero-order valence-corrected chi connectivity index (χ0v) is 8.85. The molecule has 0 atom stereocenters. The summed E-state index contributed by atoms with van der Waals surface area (Å²) in [5, 5.41) is 3.19. The van der Waals surface area contributed by atoms with Gasteiger partial charge in [0.2, 0.25) is 0 Å². The second-order valence-electron chi connectivity index (χ2n) is 3.48. The molecule has 0 unspecified atom stereocenters. The number of rotatable bonds is 4. The van der Waals surface area contributed by atoms with Crippen molar-refractivity contribution in [1.29, 1.82) is 0 Å². The molecule has 0 aliphatic carbocycles. The summed E-state index contributed by atoms with van der Waals surface area (Å²) in [6, 6.07) is 6.75. The van der Waals surface area contributed by atoms with Crippen molar-refractivity contribution in [3.05, 3.63) is 34.9 Å². The molecule has 0 heterocycles. The van der Waals surface area contributed by atoms with Crippen LogP contribution in [0.5, 0.6) is 0 Å². The lowest BCUT2D eigenvalue weighted by Crippen LogP contribution is -2.11. The van der Waals surface area contributed by atoms with E-state index >= 15 is 0 Å². The van der Waals surface area contributed by atoms with Crippen LogP contribution in [0.15, 0.2) is 18.2 Å². The minimum Gasteiger partial charge on any atom is -0.319 e. The fourth-order valence-electron chi connectivity index (χ4n) is 1.59. The molecule has 1 aromatic rings. The predicted molar refractivity (Wildman–Crippen MR) is 58.2 cm³/mol. The third-order valence-electron chi connectivity index (χ3n) is 2.39. The van der Waals surface area contributed by atoms with Crippen LogP contribution in [-0.2, 0) is 12.8 Å².